The van der Waals surface area contributed by atoms with Crippen LogP contribution in [0.3, 0.4) is 0 Å². The van der Waals surface area contributed by atoms with Gasteiger partial charge in [-0.1, -0.05) is 18.6 Å². The third-order valence-corrected chi connectivity index (χ3v) is 8.71. The second kappa shape index (κ2) is 6.56. The maximum atomic E-state index is 13.5. The number of carbonyl (C=O) groups excluding carboxylic acids is 1. The molecule has 1 fully saturated rings. The fourth-order valence-corrected chi connectivity index (χ4v) is 6.54. The van der Waals surface area contributed by atoms with Crippen molar-refractivity contribution in [3.8, 4) is 0 Å². The van der Waals surface area contributed by atoms with Crippen molar-refractivity contribution in [1.82, 2.24) is 9.55 Å². The van der Waals surface area contributed by atoms with Gasteiger partial charge >= 0.3 is 0 Å². The first kappa shape index (κ1) is 18.9. The summed E-state index contributed by atoms with van der Waals surface area (Å²) in [4.78, 5) is 19.6. The monoisotopic (exact) mass is 436 g/mol. The largest absolute Gasteiger partial charge is 0.309 e. The Hall–Kier alpha value is -2.87. The minimum atomic E-state index is -3.74. The molecule has 3 aliphatic rings. The van der Waals surface area contributed by atoms with Crippen molar-refractivity contribution in [3.05, 3.63) is 48.0 Å². The number of imidazole rings is 1. The van der Waals surface area contributed by atoms with Crippen molar-refractivity contribution >= 4 is 38.6 Å². The number of hydrogen-bond donors (Lipinski definition) is 0. The number of nitrogens with zero attached hydrogens (tertiary/aromatic N) is 4. The molecule has 1 unspecified atom stereocenters. The molecule has 1 atom stereocenters. The summed E-state index contributed by atoms with van der Waals surface area (Å²) in [6, 6.07) is 13.0. The van der Waals surface area contributed by atoms with Gasteiger partial charge in [-0.25, -0.2) is 17.7 Å². The van der Waals surface area contributed by atoms with Crippen molar-refractivity contribution in [3.63, 3.8) is 0 Å². The van der Waals surface area contributed by atoms with E-state index < -0.39 is 10.0 Å². The molecular formula is C23H24N4O3S. The maximum absolute atomic E-state index is 13.5. The Labute approximate surface area is 181 Å². The van der Waals surface area contributed by atoms with Crippen molar-refractivity contribution < 1.29 is 13.2 Å². The van der Waals surface area contributed by atoms with Gasteiger partial charge in [-0.15, -0.1) is 0 Å². The molecule has 7 nitrogen and oxygen atoms in total. The molecule has 2 aliphatic heterocycles. The van der Waals surface area contributed by atoms with Gasteiger partial charge in [-0.05, 0) is 62.1 Å². The minimum Gasteiger partial charge on any atom is -0.309 e. The summed E-state index contributed by atoms with van der Waals surface area (Å²) in [7, 11) is -3.74. The second-order valence-electron chi connectivity index (χ2n) is 8.81. The van der Waals surface area contributed by atoms with E-state index in [4.69, 9.17) is 0 Å². The summed E-state index contributed by atoms with van der Waals surface area (Å²) in [6.45, 7) is 2.99. The van der Waals surface area contributed by atoms with Gasteiger partial charge in [0, 0.05) is 24.2 Å². The first-order valence-corrected chi connectivity index (χ1v) is 12.3. The number of rotatable bonds is 3. The second-order valence-corrected chi connectivity index (χ2v) is 10.7. The maximum Gasteiger partial charge on any atom is 0.266 e. The van der Waals surface area contributed by atoms with E-state index in [2.05, 4.69) is 4.98 Å². The lowest BCUT2D eigenvalue weighted by Crippen LogP contribution is -2.42. The van der Waals surface area contributed by atoms with Crippen LogP contribution in [0.4, 0.5) is 11.6 Å². The van der Waals surface area contributed by atoms with Crippen LogP contribution in [0.5, 0.6) is 0 Å². The number of amides is 1. The van der Waals surface area contributed by atoms with Crippen LogP contribution >= 0.6 is 0 Å². The molecule has 8 heteroatoms. The molecule has 3 heterocycles. The Balaban J connectivity index is 1.36. The van der Waals surface area contributed by atoms with Gasteiger partial charge in [-0.3, -0.25) is 4.79 Å². The number of sulfonamides is 1. The average molecular weight is 437 g/mol. The van der Waals surface area contributed by atoms with Crippen LogP contribution in [0.1, 0.15) is 31.7 Å². The van der Waals surface area contributed by atoms with Gasteiger partial charge in [0.15, 0.2) is 0 Å². The first-order chi connectivity index (χ1) is 14.9. The Kier molecular flexibility index (Phi) is 3.99. The number of carbonyl (C=O) groups is 1. The standard InChI is InChI=1S/C23H24N4O3S/c1-15-13-17-14-18(9-10-20(17)27(15)22(28)16-5-4-6-16)31(29,30)26-12-11-25-21-8-3-2-7-19(21)24-23(25)26/h2-3,7-10,14-16H,4-6,11-13H2,1H3. The zero-order chi connectivity index (χ0) is 21.3. The van der Waals surface area contributed by atoms with E-state index in [9.17, 15) is 13.2 Å². The fourth-order valence-electron chi connectivity index (χ4n) is 5.08. The summed E-state index contributed by atoms with van der Waals surface area (Å²) >= 11 is 0. The average Bonchev–Trinajstić information content (AvgIpc) is 3.36. The van der Waals surface area contributed by atoms with Crippen LogP contribution in [-0.4, -0.2) is 36.5 Å². The molecule has 0 N–H and O–H groups in total. The Morgan fingerprint density at radius 1 is 1.10 bits per heavy atom. The topological polar surface area (TPSA) is 75.5 Å². The first-order valence-electron chi connectivity index (χ1n) is 10.9. The normalized spacial score (nSPS) is 20.7. The molecule has 0 radical (unpaired) electrons. The highest BCUT2D eigenvalue weighted by molar-refractivity contribution is 7.92. The highest BCUT2D eigenvalue weighted by Crippen LogP contribution is 2.39. The third kappa shape index (κ3) is 2.67. The number of benzene rings is 2. The quantitative estimate of drug-likeness (QED) is 0.631. The van der Waals surface area contributed by atoms with E-state index >= 15 is 0 Å². The summed E-state index contributed by atoms with van der Waals surface area (Å²) in [5, 5.41) is 0. The molecule has 31 heavy (non-hydrogen) atoms. The van der Waals surface area contributed by atoms with Crippen molar-refractivity contribution in [2.24, 2.45) is 5.92 Å². The zero-order valence-electron chi connectivity index (χ0n) is 17.4. The van der Waals surface area contributed by atoms with Gasteiger partial charge < -0.3 is 9.47 Å². The smallest absolute Gasteiger partial charge is 0.266 e. The van der Waals surface area contributed by atoms with Crippen LogP contribution < -0.4 is 9.21 Å². The van der Waals surface area contributed by atoms with Crippen LogP contribution in [0.15, 0.2) is 47.4 Å². The third-order valence-electron chi connectivity index (χ3n) is 6.93. The van der Waals surface area contributed by atoms with E-state index in [1.807, 2.05) is 40.7 Å². The minimum absolute atomic E-state index is 0.0528. The number of aromatic nitrogens is 2. The number of anilines is 2. The summed E-state index contributed by atoms with van der Waals surface area (Å²) in [6.07, 6.45) is 3.71. The molecule has 0 saturated heterocycles. The van der Waals surface area contributed by atoms with Crippen LogP contribution in [0.25, 0.3) is 11.0 Å². The van der Waals surface area contributed by atoms with E-state index in [1.165, 1.54) is 4.31 Å². The summed E-state index contributed by atoms with van der Waals surface area (Å²) in [5.41, 5.74) is 3.53. The van der Waals surface area contributed by atoms with Gasteiger partial charge in [0.2, 0.25) is 11.9 Å². The lowest BCUT2D eigenvalue weighted by Gasteiger charge is -2.32. The lowest BCUT2D eigenvalue weighted by molar-refractivity contribution is -0.125. The fraction of sp³-hybridized carbons (Fsp3) is 0.391. The highest BCUT2D eigenvalue weighted by atomic mass is 32.2. The van der Waals surface area contributed by atoms with Crippen LogP contribution in [0.2, 0.25) is 0 Å². The summed E-state index contributed by atoms with van der Waals surface area (Å²) in [5.74, 6) is 0.771. The number of hydrogen-bond acceptors (Lipinski definition) is 4. The van der Waals surface area contributed by atoms with Gasteiger partial charge in [0.25, 0.3) is 10.0 Å². The van der Waals surface area contributed by atoms with Crippen molar-refractivity contribution in [2.75, 3.05) is 15.7 Å². The van der Waals surface area contributed by atoms with Crippen molar-refractivity contribution in [2.45, 2.75) is 50.1 Å². The van der Waals surface area contributed by atoms with Crippen molar-refractivity contribution in [1.29, 1.82) is 0 Å². The van der Waals surface area contributed by atoms with Crippen LogP contribution in [-0.2, 0) is 27.8 Å². The summed E-state index contributed by atoms with van der Waals surface area (Å²) < 4.78 is 30.4. The Morgan fingerprint density at radius 2 is 1.90 bits per heavy atom. The predicted molar refractivity (Wildman–Crippen MR) is 119 cm³/mol. The predicted octanol–water partition coefficient (Wildman–Crippen LogP) is 3.32. The molecule has 1 amide bonds. The molecule has 1 saturated carbocycles. The molecule has 0 spiro atoms. The van der Waals surface area contributed by atoms with Crippen LogP contribution in [0, 0.1) is 5.92 Å². The number of para-hydroxylation sites is 2. The van der Waals surface area contributed by atoms with E-state index in [-0.39, 0.29) is 22.8 Å². The van der Waals surface area contributed by atoms with E-state index in [0.29, 0.717) is 25.5 Å². The zero-order valence-corrected chi connectivity index (χ0v) is 18.2. The Bertz CT molecular complexity index is 1330. The van der Waals surface area contributed by atoms with E-state index in [1.54, 1.807) is 18.2 Å². The molecule has 2 aromatic carbocycles. The molecule has 3 aromatic rings. The number of fused-ring (bicyclic) bond motifs is 4. The SMILES string of the molecule is CC1Cc2cc(S(=O)(=O)N3CCn4c3nc3ccccc34)ccc2N1C(=O)C1CCC1. The molecule has 160 valence electrons. The highest BCUT2D eigenvalue weighted by Gasteiger charge is 2.39. The molecule has 0 bridgehead atoms. The molecule has 1 aliphatic carbocycles. The molecular weight excluding hydrogens is 412 g/mol. The van der Waals surface area contributed by atoms with Gasteiger partial charge in [0.1, 0.15) is 0 Å². The van der Waals surface area contributed by atoms with Gasteiger partial charge in [0.05, 0.1) is 22.5 Å². The lowest BCUT2D eigenvalue weighted by atomic mass is 9.84. The molecule has 6 rings (SSSR count). The molecule has 1 aromatic heterocycles. The van der Waals surface area contributed by atoms with Gasteiger partial charge in [-0.2, -0.15) is 0 Å². The van der Waals surface area contributed by atoms with E-state index in [0.717, 1.165) is 41.5 Å². The Morgan fingerprint density at radius 3 is 2.68 bits per heavy atom.